The quantitative estimate of drug-likeness (QED) is 0.415. The zero-order valence-electron chi connectivity index (χ0n) is 6.93. The van der Waals surface area contributed by atoms with Crippen molar-refractivity contribution in [3.05, 3.63) is 0 Å². The molecule has 0 amide bonds. The van der Waals surface area contributed by atoms with E-state index in [4.69, 9.17) is 11.5 Å². The van der Waals surface area contributed by atoms with Gasteiger partial charge in [-0.05, 0) is 0 Å². The first-order valence-corrected chi connectivity index (χ1v) is 7.37. The fourth-order valence-electron chi connectivity index (χ4n) is 1.62. The Labute approximate surface area is 79.4 Å². The van der Waals surface area contributed by atoms with Gasteiger partial charge in [0.1, 0.15) is 0 Å². The van der Waals surface area contributed by atoms with Crippen LogP contribution in [0, 0.1) is 11.8 Å². The molecular formula is C8H18IN2-. The molecule has 68 valence electrons. The molecule has 0 unspecified atom stereocenters. The summed E-state index contributed by atoms with van der Waals surface area (Å²) in [5.74, 6) is 1.48. The summed E-state index contributed by atoms with van der Waals surface area (Å²) in [6, 6.07) is 0. The van der Waals surface area contributed by atoms with Crippen LogP contribution >= 0.6 is 0 Å². The molecule has 4 N–H and O–H groups in total. The monoisotopic (exact) mass is 269 g/mol. The molecule has 1 rings (SSSR count). The fourth-order valence-corrected chi connectivity index (χ4v) is 4.64. The number of alkyl halides is 2. The van der Waals surface area contributed by atoms with Crippen molar-refractivity contribution in [2.75, 3.05) is 21.9 Å². The third-order valence-corrected chi connectivity index (χ3v) is 5.27. The molecule has 1 saturated heterocycles. The Morgan fingerprint density at radius 1 is 1.00 bits per heavy atom. The van der Waals surface area contributed by atoms with E-state index in [-0.39, 0.29) is 0 Å². The van der Waals surface area contributed by atoms with Crippen molar-refractivity contribution in [1.29, 1.82) is 0 Å². The van der Waals surface area contributed by atoms with Gasteiger partial charge in [-0.15, -0.1) is 0 Å². The second-order valence-corrected chi connectivity index (χ2v) is 6.37. The molecule has 0 radical (unpaired) electrons. The second-order valence-electron chi connectivity index (χ2n) is 3.14. The molecule has 0 aliphatic carbocycles. The predicted molar refractivity (Wildman–Crippen MR) is 44.1 cm³/mol. The van der Waals surface area contributed by atoms with Crippen molar-refractivity contribution in [2.24, 2.45) is 23.3 Å². The third-order valence-electron chi connectivity index (χ3n) is 2.50. The normalized spacial score (nSPS) is 34.0. The van der Waals surface area contributed by atoms with Gasteiger partial charge < -0.3 is 0 Å². The van der Waals surface area contributed by atoms with E-state index in [1.165, 1.54) is 21.7 Å². The van der Waals surface area contributed by atoms with E-state index >= 15 is 0 Å². The summed E-state index contributed by atoms with van der Waals surface area (Å²) in [4.78, 5) is 0. The van der Waals surface area contributed by atoms with Gasteiger partial charge in [0.25, 0.3) is 0 Å². The van der Waals surface area contributed by atoms with Crippen molar-refractivity contribution in [2.45, 2.75) is 12.8 Å². The Hall–Kier alpha value is 0.650. The van der Waals surface area contributed by atoms with Crippen molar-refractivity contribution >= 4 is 0 Å². The molecule has 2 nitrogen and oxygen atoms in total. The molecule has 0 aromatic heterocycles. The number of rotatable bonds is 2. The minimum atomic E-state index is 0.510. The number of halogens is 1. The minimum absolute atomic E-state index is 0.510. The first kappa shape index (κ1) is 9.74. The summed E-state index contributed by atoms with van der Waals surface area (Å²) in [6.07, 6.45) is 2.71. The summed E-state index contributed by atoms with van der Waals surface area (Å²) < 4.78 is 2.94. The van der Waals surface area contributed by atoms with Gasteiger partial charge in [-0.25, -0.2) is 0 Å². The molecule has 2 atom stereocenters. The van der Waals surface area contributed by atoms with E-state index in [9.17, 15) is 0 Å². The standard InChI is InChI=1S/C8H18IN2/c10-5-7-1-3-9-4-2-8(7)6-11/h7-8H,1-6,10-11H2/q-1/t7-,8-/m0/s1. The van der Waals surface area contributed by atoms with E-state index in [2.05, 4.69) is 0 Å². The van der Waals surface area contributed by atoms with Crippen LogP contribution in [0.1, 0.15) is 12.8 Å². The molecule has 0 aromatic carbocycles. The predicted octanol–water partition coefficient (Wildman–Crippen LogP) is -2.98. The van der Waals surface area contributed by atoms with Crippen LogP contribution in [0.5, 0.6) is 0 Å². The molecular weight excluding hydrogens is 251 g/mol. The van der Waals surface area contributed by atoms with Crippen LogP contribution in [0.4, 0.5) is 0 Å². The Kier molecular flexibility index (Phi) is 4.71. The van der Waals surface area contributed by atoms with Crippen LogP contribution in [-0.2, 0) is 0 Å². The van der Waals surface area contributed by atoms with Gasteiger partial charge >= 0.3 is 79.3 Å². The molecule has 11 heavy (non-hydrogen) atoms. The van der Waals surface area contributed by atoms with E-state index in [0.717, 1.165) is 24.9 Å². The molecule has 1 aliphatic heterocycles. The zero-order chi connectivity index (χ0) is 8.10. The maximum absolute atomic E-state index is 5.70. The molecule has 1 aliphatic rings. The summed E-state index contributed by atoms with van der Waals surface area (Å²) in [5, 5.41) is 0. The van der Waals surface area contributed by atoms with E-state index < -0.39 is 0 Å². The topological polar surface area (TPSA) is 52.0 Å². The Bertz CT molecular complexity index is 96.3. The third kappa shape index (κ3) is 2.87. The summed E-state index contributed by atoms with van der Waals surface area (Å²) in [7, 11) is 0. The van der Waals surface area contributed by atoms with Gasteiger partial charge in [0.15, 0.2) is 0 Å². The van der Waals surface area contributed by atoms with Gasteiger partial charge in [-0.2, -0.15) is 0 Å². The first-order valence-electron chi connectivity index (χ1n) is 4.32. The molecule has 0 spiro atoms. The van der Waals surface area contributed by atoms with Crippen molar-refractivity contribution in [3.63, 3.8) is 0 Å². The molecule has 1 fully saturated rings. The van der Waals surface area contributed by atoms with Crippen molar-refractivity contribution in [1.82, 2.24) is 0 Å². The van der Waals surface area contributed by atoms with E-state index in [1.54, 1.807) is 0 Å². The maximum atomic E-state index is 5.70. The van der Waals surface area contributed by atoms with Gasteiger partial charge in [0.2, 0.25) is 0 Å². The molecule has 0 bridgehead atoms. The Morgan fingerprint density at radius 2 is 1.45 bits per heavy atom. The van der Waals surface area contributed by atoms with Gasteiger partial charge in [-0.3, -0.25) is 0 Å². The zero-order valence-corrected chi connectivity index (χ0v) is 9.09. The molecule has 3 heteroatoms. The Morgan fingerprint density at radius 3 is 1.82 bits per heavy atom. The van der Waals surface area contributed by atoms with Crippen LogP contribution < -0.4 is 32.7 Å². The van der Waals surface area contributed by atoms with Crippen LogP contribution in [0.3, 0.4) is 0 Å². The summed E-state index contributed by atoms with van der Waals surface area (Å²) in [6.45, 7) is 1.71. The van der Waals surface area contributed by atoms with Crippen LogP contribution in [0.2, 0.25) is 0 Å². The SMILES string of the molecule is NC[C@@H]1CC[I-]CC[C@H]1CN. The number of hydrogen-bond donors (Lipinski definition) is 2. The van der Waals surface area contributed by atoms with Crippen LogP contribution in [-0.4, -0.2) is 21.9 Å². The number of hydrogen-bond acceptors (Lipinski definition) is 2. The Balaban J connectivity index is 2.41. The van der Waals surface area contributed by atoms with Gasteiger partial charge in [0.05, 0.1) is 0 Å². The van der Waals surface area contributed by atoms with Gasteiger partial charge in [-0.1, -0.05) is 0 Å². The molecule has 1 heterocycles. The molecule has 0 aromatic rings. The fraction of sp³-hybridized carbons (Fsp3) is 1.00. The molecule has 0 saturated carbocycles. The average Bonchev–Trinajstić information content (AvgIpc) is 2.27. The van der Waals surface area contributed by atoms with Crippen molar-refractivity contribution in [3.8, 4) is 0 Å². The van der Waals surface area contributed by atoms with Crippen molar-refractivity contribution < 1.29 is 21.2 Å². The van der Waals surface area contributed by atoms with Gasteiger partial charge in [0, 0.05) is 0 Å². The average molecular weight is 269 g/mol. The summed E-state index contributed by atoms with van der Waals surface area (Å²) >= 11 is 0.510. The van der Waals surface area contributed by atoms with E-state index in [0.29, 0.717) is 21.2 Å². The first-order chi connectivity index (χ1) is 5.38. The van der Waals surface area contributed by atoms with Crippen LogP contribution in [0.25, 0.3) is 0 Å². The van der Waals surface area contributed by atoms with E-state index in [1.807, 2.05) is 0 Å². The summed E-state index contributed by atoms with van der Waals surface area (Å²) in [5.41, 5.74) is 11.4. The number of nitrogens with two attached hydrogens (primary N) is 2. The van der Waals surface area contributed by atoms with Crippen LogP contribution in [0.15, 0.2) is 0 Å². The second kappa shape index (κ2) is 5.32.